The zero-order valence-electron chi connectivity index (χ0n) is 8.54. The average Bonchev–Trinajstić information content (AvgIpc) is 2.50. The maximum Gasteiger partial charge on any atom is 0.150 e. The Morgan fingerprint density at radius 1 is 1.44 bits per heavy atom. The lowest BCUT2D eigenvalue weighted by molar-refractivity contribution is 0.628. The summed E-state index contributed by atoms with van der Waals surface area (Å²) in [5.74, 6) is 6.05. The van der Waals surface area contributed by atoms with Crippen molar-refractivity contribution in [3.8, 4) is 11.3 Å². The average molecular weight is 241 g/mol. The molecule has 0 fully saturated rings. The maximum absolute atomic E-state index is 13.0. The van der Waals surface area contributed by atoms with Gasteiger partial charge in [-0.25, -0.2) is 14.1 Å². The van der Waals surface area contributed by atoms with E-state index in [4.69, 9.17) is 23.2 Å². The molecule has 1 aromatic heterocycles. The van der Waals surface area contributed by atoms with Crippen molar-refractivity contribution in [3.05, 3.63) is 34.9 Å². The number of benzene rings is 1. The lowest BCUT2D eigenvalue weighted by atomic mass is 10.1. The molecule has 4 nitrogen and oxygen atoms in total. The van der Waals surface area contributed by atoms with Crippen molar-refractivity contribution in [2.45, 2.75) is 6.92 Å². The van der Waals surface area contributed by atoms with Gasteiger partial charge >= 0.3 is 0 Å². The van der Waals surface area contributed by atoms with Crippen LogP contribution in [0.15, 0.2) is 18.2 Å². The molecule has 0 saturated heterocycles. The molecular weight excluding hydrogens is 231 g/mol. The lowest BCUT2D eigenvalue weighted by Gasteiger charge is -2.01. The minimum Gasteiger partial charge on any atom is -0.382 e. The lowest BCUT2D eigenvalue weighted by Crippen LogP contribution is -2.13. The minimum atomic E-state index is -0.479. The highest BCUT2D eigenvalue weighted by Crippen LogP contribution is 2.28. The fourth-order valence-electron chi connectivity index (χ4n) is 1.42. The molecule has 0 amide bonds. The Labute approximate surface area is 96.6 Å². The van der Waals surface area contributed by atoms with E-state index in [1.165, 1.54) is 16.8 Å². The van der Waals surface area contributed by atoms with E-state index in [0.717, 1.165) is 0 Å². The van der Waals surface area contributed by atoms with Gasteiger partial charge in [-0.05, 0) is 25.1 Å². The smallest absolute Gasteiger partial charge is 0.150 e. The van der Waals surface area contributed by atoms with Crippen LogP contribution in [-0.2, 0) is 0 Å². The summed E-state index contributed by atoms with van der Waals surface area (Å²) in [6, 6.07) is 4.29. The number of imidazole rings is 1. The molecule has 6 heteroatoms. The van der Waals surface area contributed by atoms with Gasteiger partial charge in [0.25, 0.3) is 0 Å². The monoisotopic (exact) mass is 240 g/mol. The summed E-state index contributed by atoms with van der Waals surface area (Å²) < 4.78 is 14.3. The fourth-order valence-corrected chi connectivity index (χ4v) is 1.60. The van der Waals surface area contributed by atoms with Crippen molar-refractivity contribution in [1.82, 2.24) is 9.66 Å². The first-order valence-electron chi connectivity index (χ1n) is 4.56. The van der Waals surface area contributed by atoms with Crippen LogP contribution in [0.25, 0.3) is 11.3 Å². The van der Waals surface area contributed by atoms with Gasteiger partial charge in [0.2, 0.25) is 0 Å². The molecule has 0 aliphatic carbocycles. The number of rotatable bonds is 1. The van der Waals surface area contributed by atoms with Gasteiger partial charge in [0.05, 0.1) is 5.02 Å². The number of nitrogens with zero attached hydrogens (tertiary/aromatic N) is 2. The first-order chi connectivity index (χ1) is 7.50. The summed E-state index contributed by atoms with van der Waals surface area (Å²) in [6.45, 7) is 1.73. The predicted octanol–water partition coefficient (Wildman–Crippen LogP) is 1.95. The van der Waals surface area contributed by atoms with Crippen LogP contribution < -0.4 is 11.6 Å². The number of aromatic nitrogens is 2. The molecular formula is C10H10ClFN4. The van der Waals surface area contributed by atoms with Crippen LogP contribution in [-0.4, -0.2) is 9.66 Å². The summed E-state index contributed by atoms with van der Waals surface area (Å²) in [7, 11) is 0. The number of halogens is 2. The molecule has 0 aliphatic heterocycles. The number of hydrogen-bond acceptors (Lipinski definition) is 3. The molecule has 0 saturated carbocycles. The summed E-state index contributed by atoms with van der Waals surface area (Å²) in [5.41, 5.74) is 6.90. The molecule has 1 aromatic carbocycles. The number of aryl methyl sites for hydroxylation is 1. The minimum absolute atomic E-state index is 0.0288. The molecule has 2 rings (SSSR count). The van der Waals surface area contributed by atoms with E-state index in [-0.39, 0.29) is 5.02 Å². The van der Waals surface area contributed by atoms with Crippen LogP contribution in [0.1, 0.15) is 5.82 Å². The molecule has 1 heterocycles. The van der Waals surface area contributed by atoms with Gasteiger partial charge in [-0.15, -0.1) is 0 Å². The van der Waals surface area contributed by atoms with E-state index in [9.17, 15) is 4.39 Å². The highest BCUT2D eigenvalue weighted by Gasteiger charge is 2.13. The van der Waals surface area contributed by atoms with E-state index in [1.807, 2.05) is 0 Å². The SMILES string of the molecule is Cc1nc(-c2ccc(F)c(Cl)c2)c(N)n1N. The van der Waals surface area contributed by atoms with Crippen LogP contribution >= 0.6 is 11.6 Å². The van der Waals surface area contributed by atoms with E-state index >= 15 is 0 Å². The fraction of sp³-hybridized carbons (Fsp3) is 0.100. The third-order valence-corrected chi connectivity index (χ3v) is 2.61. The highest BCUT2D eigenvalue weighted by atomic mass is 35.5. The number of nitrogen functional groups attached to an aromatic ring is 2. The van der Waals surface area contributed by atoms with Gasteiger partial charge in [0.15, 0.2) is 5.82 Å². The van der Waals surface area contributed by atoms with Crippen molar-refractivity contribution in [2.75, 3.05) is 11.6 Å². The van der Waals surface area contributed by atoms with E-state index < -0.39 is 5.82 Å². The Kier molecular flexibility index (Phi) is 2.47. The van der Waals surface area contributed by atoms with Crippen LogP contribution in [0.5, 0.6) is 0 Å². The first-order valence-corrected chi connectivity index (χ1v) is 4.94. The Balaban J connectivity index is 2.59. The van der Waals surface area contributed by atoms with Gasteiger partial charge in [0, 0.05) is 5.56 Å². The summed E-state index contributed by atoms with van der Waals surface area (Å²) in [6.07, 6.45) is 0. The van der Waals surface area contributed by atoms with Gasteiger partial charge in [-0.2, -0.15) is 0 Å². The Morgan fingerprint density at radius 3 is 2.62 bits per heavy atom. The molecule has 16 heavy (non-hydrogen) atoms. The summed E-state index contributed by atoms with van der Waals surface area (Å²) >= 11 is 5.68. The van der Waals surface area contributed by atoms with Gasteiger partial charge in [-0.1, -0.05) is 11.6 Å². The summed E-state index contributed by atoms with van der Waals surface area (Å²) in [4.78, 5) is 4.18. The molecule has 0 unspecified atom stereocenters. The third kappa shape index (κ3) is 1.59. The third-order valence-electron chi connectivity index (χ3n) is 2.32. The van der Waals surface area contributed by atoms with Crippen molar-refractivity contribution >= 4 is 17.4 Å². The van der Waals surface area contributed by atoms with Crippen LogP contribution in [0.3, 0.4) is 0 Å². The second kappa shape index (κ2) is 3.68. The molecule has 0 aliphatic rings. The second-order valence-corrected chi connectivity index (χ2v) is 3.80. The largest absolute Gasteiger partial charge is 0.382 e. The Hall–Kier alpha value is -1.75. The number of nitrogens with two attached hydrogens (primary N) is 2. The summed E-state index contributed by atoms with van der Waals surface area (Å²) in [5, 5.41) is 0.0288. The number of hydrogen-bond donors (Lipinski definition) is 2. The zero-order valence-corrected chi connectivity index (χ0v) is 9.29. The molecule has 84 valence electrons. The molecule has 0 spiro atoms. The topological polar surface area (TPSA) is 69.9 Å². The molecule has 4 N–H and O–H groups in total. The Bertz CT molecular complexity index is 550. The molecule has 0 bridgehead atoms. The maximum atomic E-state index is 13.0. The quantitative estimate of drug-likeness (QED) is 0.749. The molecule has 0 atom stereocenters. The highest BCUT2D eigenvalue weighted by molar-refractivity contribution is 6.31. The predicted molar refractivity (Wildman–Crippen MR) is 61.9 cm³/mol. The van der Waals surface area contributed by atoms with Gasteiger partial charge in [-0.3, -0.25) is 0 Å². The second-order valence-electron chi connectivity index (χ2n) is 3.39. The van der Waals surface area contributed by atoms with Gasteiger partial charge < -0.3 is 11.6 Å². The zero-order chi connectivity index (χ0) is 11.9. The van der Waals surface area contributed by atoms with Crippen molar-refractivity contribution in [3.63, 3.8) is 0 Å². The van der Waals surface area contributed by atoms with Crippen molar-refractivity contribution in [2.24, 2.45) is 0 Å². The standard InChI is InChI=1S/C10H10ClFN4/c1-5-15-9(10(13)16(5)14)6-2-3-8(12)7(11)4-6/h2-4H,13-14H2,1H3. The van der Waals surface area contributed by atoms with Crippen LogP contribution in [0.4, 0.5) is 10.2 Å². The first kappa shape index (κ1) is 10.8. The number of anilines is 1. The van der Waals surface area contributed by atoms with E-state index in [2.05, 4.69) is 4.98 Å². The normalized spacial score (nSPS) is 10.7. The Morgan fingerprint density at radius 2 is 2.12 bits per heavy atom. The van der Waals surface area contributed by atoms with Crippen LogP contribution in [0, 0.1) is 12.7 Å². The molecule has 2 aromatic rings. The molecule has 0 radical (unpaired) electrons. The van der Waals surface area contributed by atoms with Crippen LogP contribution in [0.2, 0.25) is 5.02 Å². The van der Waals surface area contributed by atoms with Crippen molar-refractivity contribution in [1.29, 1.82) is 0 Å². The van der Waals surface area contributed by atoms with Crippen molar-refractivity contribution < 1.29 is 4.39 Å². The van der Waals surface area contributed by atoms with E-state index in [1.54, 1.807) is 13.0 Å². The van der Waals surface area contributed by atoms with Gasteiger partial charge in [0.1, 0.15) is 17.3 Å². The van der Waals surface area contributed by atoms with E-state index in [0.29, 0.717) is 22.9 Å².